The molecule has 92 valence electrons. The van der Waals surface area contributed by atoms with Gasteiger partial charge in [-0.1, -0.05) is 0 Å². The molecule has 0 rings (SSSR count). The lowest BCUT2D eigenvalue weighted by Gasteiger charge is -2.19. The molecule has 0 amide bonds. The lowest BCUT2D eigenvalue weighted by Crippen LogP contribution is -2.39. The number of alkyl halides is 7. The largest absolute Gasteiger partial charge is 0.482 e. The van der Waals surface area contributed by atoms with Crippen molar-refractivity contribution >= 4 is 0 Å². The first-order valence-corrected chi connectivity index (χ1v) is 3.61. The molecule has 0 aromatic rings. The fourth-order valence-corrected chi connectivity index (χ4v) is 0.483. The van der Waals surface area contributed by atoms with Gasteiger partial charge in [-0.3, -0.25) is 0 Å². The summed E-state index contributed by atoms with van der Waals surface area (Å²) in [5, 5.41) is 0. The summed E-state index contributed by atoms with van der Waals surface area (Å²) in [5.74, 6) is 0. The Kier molecular flexibility index (Phi) is 5.29. The summed E-state index contributed by atoms with van der Waals surface area (Å²) < 4.78 is 88.2. The normalized spacial score (nSPS) is 13.6. The van der Waals surface area contributed by atoms with Crippen molar-refractivity contribution < 1.29 is 40.2 Å². The Balaban J connectivity index is 3.68. The summed E-state index contributed by atoms with van der Waals surface area (Å²) in [5.41, 5.74) is 0. The predicted molar refractivity (Wildman–Crippen MR) is 33.8 cm³/mol. The minimum absolute atomic E-state index is 0.768. The smallest absolute Gasteiger partial charge is 0.373 e. The molecule has 15 heavy (non-hydrogen) atoms. The second-order valence-electron chi connectivity index (χ2n) is 2.33. The van der Waals surface area contributed by atoms with Crippen LogP contribution in [0.1, 0.15) is 0 Å². The van der Waals surface area contributed by atoms with E-state index < -0.39 is 38.5 Å². The summed E-state index contributed by atoms with van der Waals surface area (Å²) in [6.07, 6.45) is -13.9. The van der Waals surface area contributed by atoms with Gasteiger partial charge in [-0.15, -0.1) is 0 Å². The first-order chi connectivity index (χ1) is 6.67. The second-order valence-corrected chi connectivity index (χ2v) is 2.33. The van der Waals surface area contributed by atoms with Crippen LogP contribution in [0, 0.1) is 0 Å². The van der Waals surface area contributed by atoms with Crippen LogP contribution in [0.25, 0.3) is 0 Å². The third kappa shape index (κ3) is 5.78. The maximum Gasteiger partial charge on any atom is 0.482 e. The lowest BCUT2D eigenvalue weighted by molar-refractivity contribution is -0.392. The standard InChI is InChI=1S/C6H7F7O2/c7-4(8)3-14-1-2-15-6(12,13)5(9,10)11/h4H,1-3H2. The first kappa shape index (κ1) is 14.4. The van der Waals surface area contributed by atoms with Gasteiger partial charge in [-0.2, -0.15) is 22.0 Å². The molecule has 0 bridgehead atoms. The SMILES string of the molecule is FC(F)COCCOC(F)(F)C(F)(F)F. The third-order valence-electron chi connectivity index (χ3n) is 1.08. The Bertz CT molecular complexity index is 179. The van der Waals surface area contributed by atoms with Crippen molar-refractivity contribution in [1.82, 2.24) is 0 Å². The van der Waals surface area contributed by atoms with Gasteiger partial charge >= 0.3 is 12.3 Å². The van der Waals surface area contributed by atoms with Crippen LogP contribution in [0.5, 0.6) is 0 Å². The van der Waals surface area contributed by atoms with Gasteiger partial charge in [0.1, 0.15) is 6.61 Å². The number of ether oxygens (including phenoxy) is 2. The fraction of sp³-hybridized carbons (Fsp3) is 1.00. The van der Waals surface area contributed by atoms with E-state index in [9.17, 15) is 30.7 Å². The van der Waals surface area contributed by atoms with Gasteiger partial charge in [0.25, 0.3) is 6.43 Å². The monoisotopic (exact) mass is 244 g/mol. The van der Waals surface area contributed by atoms with E-state index >= 15 is 0 Å². The van der Waals surface area contributed by atoms with E-state index in [1.54, 1.807) is 0 Å². The number of hydrogen-bond donors (Lipinski definition) is 0. The molecule has 0 saturated heterocycles. The molecule has 0 atom stereocenters. The van der Waals surface area contributed by atoms with Crippen LogP contribution < -0.4 is 0 Å². The van der Waals surface area contributed by atoms with Crippen LogP contribution in [0.15, 0.2) is 0 Å². The van der Waals surface area contributed by atoms with Gasteiger partial charge in [-0.25, -0.2) is 8.78 Å². The van der Waals surface area contributed by atoms with Crippen molar-refractivity contribution in [2.75, 3.05) is 19.8 Å². The minimum atomic E-state index is -5.82. The summed E-state index contributed by atoms with van der Waals surface area (Å²) in [7, 11) is 0. The third-order valence-corrected chi connectivity index (χ3v) is 1.08. The summed E-state index contributed by atoms with van der Waals surface area (Å²) in [6.45, 7) is -2.93. The number of halogens is 7. The van der Waals surface area contributed by atoms with Crippen molar-refractivity contribution in [3.05, 3.63) is 0 Å². The number of rotatable bonds is 6. The topological polar surface area (TPSA) is 18.5 Å². The van der Waals surface area contributed by atoms with E-state index in [1.807, 2.05) is 0 Å². The van der Waals surface area contributed by atoms with E-state index in [2.05, 4.69) is 9.47 Å². The Labute approximate surface area is 79.9 Å². The van der Waals surface area contributed by atoms with Crippen LogP contribution in [0.4, 0.5) is 30.7 Å². The Morgan fingerprint density at radius 1 is 0.933 bits per heavy atom. The highest BCUT2D eigenvalue weighted by molar-refractivity contribution is 4.63. The highest BCUT2D eigenvalue weighted by atomic mass is 19.4. The van der Waals surface area contributed by atoms with Gasteiger partial charge in [0.2, 0.25) is 0 Å². The highest BCUT2D eigenvalue weighted by Crippen LogP contribution is 2.35. The van der Waals surface area contributed by atoms with Crippen LogP contribution >= 0.6 is 0 Å². The van der Waals surface area contributed by atoms with Gasteiger partial charge in [0, 0.05) is 0 Å². The molecule has 0 aliphatic rings. The molecule has 0 spiro atoms. The van der Waals surface area contributed by atoms with Gasteiger partial charge < -0.3 is 9.47 Å². The van der Waals surface area contributed by atoms with E-state index in [0.29, 0.717) is 0 Å². The minimum Gasteiger partial charge on any atom is -0.373 e. The molecule has 0 N–H and O–H groups in total. The Hall–Kier alpha value is -0.570. The zero-order valence-corrected chi connectivity index (χ0v) is 7.16. The van der Waals surface area contributed by atoms with Crippen molar-refractivity contribution in [2.45, 2.75) is 18.7 Å². The molecule has 0 radical (unpaired) electrons. The van der Waals surface area contributed by atoms with Gasteiger partial charge in [-0.05, 0) is 0 Å². The van der Waals surface area contributed by atoms with E-state index in [4.69, 9.17) is 0 Å². The number of hydrogen-bond acceptors (Lipinski definition) is 2. The lowest BCUT2D eigenvalue weighted by atomic mass is 10.6. The first-order valence-electron chi connectivity index (χ1n) is 3.61. The molecular formula is C6H7F7O2. The molecule has 0 saturated carbocycles. The molecule has 0 aliphatic carbocycles. The van der Waals surface area contributed by atoms with E-state index in [0.717, 1.165) is 0 Å². The fourth-order valence-electron chi connectivity index (χ4n) is 0.483. The molecule has 0 aliphatic heterocycles. The zero-order valence-electron chi connectivity index (χ0n) is 7.16. The molecule has 2 nitrogen and oxygen atoms in total. The average molecular weight is 244 g/mol. The van der Waals surface area contributed by atoms with Crippen LogP contribution in [0.2, 0.25) is 0 Å². The molecule has 0 aromatic carbocycles. The molecule has 0 fully saturated rings. The Morgan fingerprint density at radius 2 is 1.47 bits per heavy atom. The summed E-state index contributed by atoms with van der Waals surface area (Å²) in [6, 6.07) is 0. The Morgan fingerprint density at radius 3 is 1.87 bits per heavy atom. The van der Waals surface area contributed by atoms with Crippen LogP contribution in [-0.2, 0) is 9.47 Å². The summed E-state index contributed by atoms with van der Waals surface area (Å²) in [4.78, 5) is 0. The van der Waals surface area contributed by atoms with Crippen LogP contribution in [0.3, 0.4) is 0 Å². The maximum atomic E-state index is 12.0. The molecule has 0 heterocycles. The average Bonchev–Trinajstić information content (AvgIpc) is 2.00. The van der Waals surface area contributed by atoms with Crippen molar-refractivity contribution in [3.8, 4) is 0 Å². The van der Waals surface area contributed by atoms with Gasteiger partial charge in [0.05, 0.1) is 13.2 Å². The molecular weight excluding hydrogens is 237 g/mol. The van der Waals surface area contributed by atoms with E-state index in [-0.39, 0.29) is 0 Å². The highest BCUT2D eigenvalue weighted by Gasteiger charge is 2.59. The molecule has 0 aromatic heterocycles. The van der Waals surface area contributed by atoms with Gasteiger partial charge in [0.15, 0.2) is 0 Å². The zero-order chi connectivity index (χ0) is 12.1. The quantitative estimate of drug-likeness (QED) is 0.527. The van der Waals surface area contributed by atoms with Crippen molar-refractivity contribution in [1.29, 1.82) is 0 Å². The summed E-state index contributed by atoms with van der Waals surface area (Å²) >= 11 is 0. The van der Waals surface area contributed by atoms with Crippen molar-refractivity contribution in [3.63, 3.8) is 0 Å². The van der Waals surface area contributed by atoms with Crippen molar-refractivity contribution in [2.24, 2.45) is 0 Å². The molecule has 9 heteroatoms. The maximum absolute atomic E-state index is 12.0. The second kappa shape index (κ2) is 5.50. The van der Waals surface area contributed by atoms with E-state index in [1.165, 1.54) is 0 Å². The predicted octanol–water partition coefficient (Wildman–Crippen LogP) is 2.44. The van der Waals surface area contributed by atoms with Crippen LogP contribution in [-0.4, -0.2) is 38.5 Å². The molecule has 0 unspecified atom stereocenters.